The summed E-state index contributed by atoms with van der Waals surface area (Å²) >= 11 is 0. The maximum Gasteiger partial charge on any atom is 0.268 e. The number of amides is 2. The third-order valence-electron chi connectivity index (χ3n) is 5.36. The van der Waals surface area contributed by atoms with Crippen LogP contribution in [0.5, 0.6) is 0 Å². The number of rotatable bonds is 5. The second-order valence-electron chi connectivity index (χ2n) is 7.79. The van der Waals surface area contributed by atoms with E-state index < -0.39 is 36.7 Å². The number of carbonyl (C=O) groups is 2. The van der Waals surface area contributed by atoms with Crippen molar-refractivity contribution in [2.24, 2.45) is 5.73 Å². The van der Waals surface area contributed by atoms with Crippen LogP contribution in [0.1, 0.15) is 33.7 Å². The molecule has 1 atom stereocenters. The van der Waals surface area contributed by atoms with Gasteiger partial charge in [-0.05, 0) is 42.0 Å². The van der Waals surface area contributed by atoms with Crippen molar-refractivity contribution < 1.29 is 18.4 Å². The fourth-order valence-electron chi connectivity index (χ4n) is 3.80. The monoisotopic (exact) mass is 447 g/mol. The summed E-state index contributed by atoms with van der Waals surface area (Å²) in [5.74, 6) is -4.47. The Kier molecular flexibility index (Phi) is 5.84. The summed E-state index contributed by atoms with van der Waals surface area (Å²) in [6, 6.07) is 12.7. The largest absolute Gasteiger partial charge is 0.366 e. The molecule has 2 amide bonds. The maximum absolute atomic E-state index is 13.7. The molecular formula is C24H19F2N5O2. The van der Waals surface area contributed by atoms with Crippen molar-refractivity contribution in [3.8, 4) is 6.07 Å². The molecule has 7 nitrogen and oxygen atoms in total. The number of fused-ring (bicyclic) bond motifs is 1. The van der Waals surface area contributed by atoms with E-state index >= 15 is 0 Å². The number of likely N-dealkylation sites (tertiary alicyclic amines) is 1. The Morgan fingerprint density at radius 1 is 1.24 bits per heavy atom. The Morgan fingerprint density at radius 2 is 2.06 bits per heavy atom. The number of primary amides is 1. The maximum atomic E-state index is 13.7. The number of nitriles is 1. The molecule has 1 saturated heterocycles. The van der Waals surface area contributed by atoms with Crippen molar-refractivity contribution in [3.05, 3.63) is 71.2 Å². The minimum Gasteiger partial charge on any atom is -0.366 e. The van der Waals surface area contributed by atoms with Gasteiger partial charge in [0.25, 0.3) is 5.92 Å². The number of hydrogen-bond acceptors (Lipinski definition) is 5. The predicted molar refractivity (Wildman–Crippen MR) is 118 cm³/mol. The number of hydrogen-bond donors (Lipinski definition) is 1. The molecule has 1 aliphatic rings. The number of nitrogens with two attached hydrogens (primary N) is 1. The number of alkyl halides is 2. The van der Waals surface area contributed by atoms with Gasteiger partial charge in [0.05, 0.1) is 41.5 Å². The van der Waals surface area contributed by atoms with Gasteiger partial charge in [-0.15, -0.1) is 0 Å². The molecule has 0 saturated carbocycles. The van der Waals surface area contributed by atoms with Crippen LogP contribution in [-0.2, 0) is 11.2 Å². The first-order valence-corrected chi connectivity index (χ1v) is 10.2. The van der Waals surface area contributed by atoms with Gasteiger partial charge in [0, 0.05) is 18.0 Å². The summed E-state index contributed by atoms with van der Waals surface area (Å²) in [6.45, 7) is -0.813. The van der Waals surface area contributed by atoms with Crippen LogP contribution in [0.3, 0.4) is 0 Å². The number of nitrogens with zero attached hydrogens (tertiary/aromatic N) is 4. The van der Waals surface area contributed by atoms with E-state index in [-0.39, 0.29) is 17.7 Å². The Labute approximate surface area is 188 Å². The Bertz CT molecular complexity index is 1300. The lowest BCUT2D eigenvalue weighted by Crippen LogP contribution is -2.37. The minimum absolute atomic E-state index is 0.166. The average molecular weight is 447 g/mol. The molecule has 3 aromatic rings. The SMILES string of the molecule is N#CC1CC(F)(F)CN1C(=O)Cc1cc(C(N)=O)c2cc(C=Cc3ccccn3)ccc2n1. The highest BCUT2D eigenvalue weighted by molar-refractivity contribution is 6.06. The van der Waals surface area contributed by atoms with E-state index in [1.807, 2.05) is 30.4 Å². The summed E-state index contributed by atoms with van der Waals surface area (Å²) < 4.78 is 27.4. The molecule has 3 heterocycles. The van der Waals surface area contributed by atoms with Gasteiger partial charge < -0.3 is 10.6 Å². The van der Waals surface area contributed by atoms with E-state index in [4.69, 9.17) is 11.0 Å². The molecule has 2 N–H and O–H groups in total. The molecule has 33 heavy (non-hydrogen) atoms. The van der Waals surface area contributed by atoms with E-state index in [9.17, 15) is 18.4 Å². The van der Waals surface area contributed by atoms with Crippen LogP contribution in [0.4, 0.5) is 8.78 Å². The van der Waals surface area contributed by atoms with Crippen LogP contribution in [0, 0.1) is 11.3 Å². The fourth-order valence-corrected chi connectivity index (χ4v) is 3.80. The first-order chi connectivity index (χ1) is 15.8. The highest BCUT2D eigenvalue weighted by Gasteiger charge is 2.47. The van der Waals surface area contributed by atoms with Gasteiger partial charge >= 0.3 is 0 Å². The molecule has 0 radical (unpaired) electrons. The topological polar surface area (TPSA) is 113 Å². The number of pyridine rings is 2. The average Bonchev–Trinajstić information content (AvgIpc) is 3.12. The lowest BCUT2D eigenvalue weighted by molar-refractivity contribution is -0.131. The Morgan fingerprint density at radius 3 is 2.76 bits per heavy atom. The van der Waals surface area contributed by atoms with Gasteiger partial charge in [-0.25, -0.2) is 8.78 Å². The third kappa shape index (κ3) is 4.85. The molecule has 1 aliphatic heterocycles. The van der Waals surface area contributed by atoms with Crippen molar-refractivity contribution in [3.63, 3.8) is 0 Å². The molecule has 9 heteroatoms. The second kappa shape index (κ2) is 8.74. The van der Waals surface area contributed by atoms with Gasteiger partial charge in [0.1, 0.15) is 6.04 Å². The Balaban J connectivity index is 1.63. The molecule has 0 spiro atoms. The number of aromatic nitrogens is 2. The quantitative estimate of drug-likeness (QED) is 0.645. The van der Waals surface area contributed by atoms with Crippen molar-refractivity contribution in [2.45, 2.75) is 24.8 Å². The van der Waals surface area contributed by atoms with Crippen LogP contribution in [-0.4, -0.2) is 45.2 Å². The first kappa shape index (κ1) is 22.0. The van der Waals surface area contributed by atoms with Gasteiger partial charge in [-0.2, -0.15) is 5.26 Å². The molecule has 4 rings (SSSR count). The van der Waals surface area contributed by atoms with E-state index in [0.29, 0.717) is 10.9 Å². The zero-order valence-electron chi connectivity index (χ0n) is 17.4. The smallest absolute Gasteiger partial charge is 0.268 e. The lowest BCUT2D eigenvalue weighted by Gasteiger charge is -2.19. The van der Waals surface area contributed by atoms with Crippen LogP contribution >= 0.6 is 0 Å². The minimum atomic E-state index is -3.11. The van der Waals surface area contributed by atoms with Crippen LogP contribution in [0.25, 0.3) is 23.1 Å². The second-order valence-corrected chi connectivity index (χ2v) is 7.79. The van der Waals surface area contributed by atoms with Gasteiger partial charge in [0.2, 0.25) is 11.8 Å². The van der Waals surface area contributed by atoms with Gasteiger partial charge in [0.15, 0.2) is 0 Å². The number of benzene rings is 1. The molecule has 2 aromatic heterocycles. The number of halogens is 2. The van der Waals surface area contributed by atoms with E-state index in [1.54, 1.807) is 30.5 Å². The molecule has 1 aromatic carbocycles. The van der Waals surface area contributed by atoms with Crippen LogP contribution in [0.15, 0.2) is 48.7 Å². The van der Waals surface area contributed by atoms with Crippen LogP contribution < -0.4 is 5.73 Å². The standard InChI is InChI=1S/C24H19F2N5O2/c25-24(26)12-18(13-27)31(14-24)22(32)11-17-10-20(23(28)33)19-9-15(5-7-21(19)30-17)4-6-16-3-1-2-8-29-16/h1-10,18H,11-12,14H2,(H2,28,33). The normalized spacial score (nSPS) is 17.4. The Hall–Kier alpha value is -4.19. The number of carbonyl (C=O) groups excluding carboxylic acids is 2. The molecule has 0 aliphatic carbocycles. The third-order valence-corrected chi connectivity index (χ3v) is 5.36. The van der Waals surface area contributed by atoms with Crippen molar-refractivity contribution >= 4 is 34.9 Å². The van der Waals surface area contributed by atoms with Crippen molar-refractivity contribution in [1.29, 1.82) is 5.26 Å². The van der Waals surface area contributed by atoms with Crippen molar-refractivity contribution in [1.82, 2.24) is 14.9 Å². The lowest BCUT2D eigenvalue weighted by atomic mass is 10.0. The van der Waals surface area contributed by atoms with Crippen LogP contribution in [0.2, 0.25) is 0 Å². The van der Waals surface area contributed by atoms with E-state index in [2.05, 4.69) is 9.97 Å². The fraction of sp³-hybridized carbons (Fsp3) is 0.208. The van der Waals surface area contributed by atoms with E-state index in [1.165, 1.54) is 6.07 Å². The first-order valence-electron chi connectivity index (χ1n) is 10.2. The van der Waals surface area contributed by atoms with Crippen molar-refractivity contribution in [2.75, 3.05) is 6.54 Å². The molecular weight excluding hydrogens is 428 g/mol. The highest BCUT2D eigenvalue weighted by Crippen LogP contribution is 2.32. The highest BCUT2D eigenvalue weighted by atomic mass is 19.3. The summed E-state index contributed by atoms with van der Waals surface area (Å²) in [4.78, 5) is 34.2. The zero-order valence-corrected chi connectivity index (χ0v) is 17.4. The van der Waals surface area contributed by atoms with E-state index in [0.717, 1.165) is 16.2 Å². The zero-order chi connectivity index (χ0) is 23.6. The summed E-state index contributed by atoms with van der Waals surface area (Å²) in [5, 5.41) is 9.63. The van der Waals surface area contributed by atoms with Gasteiger partial charge in [-0.3, -0.25) is 19.6 Å². The molecule has 1 fully saturated rings. The molecule has 0 bridgehead atoms. The summed E-state index contributed by atoms with van der Waals surface area (Å²) in [5.41, 5.74) is 7.94. The summed E-state index contributed by atoms with van der Waals surface area (Å²) in [7, 11) is 0. The molecule has 166 valence electrons. The predicted octanol–water partition coefficient (Wildman–Crippen LogP) is 3.20. The summed E-state index contributed by atoms with van der Waals surface area (Å²) in [6.07, 6.45) is 4.32. The molecule has 1 unspecified atom stereocenters. The van der Waals surface area contributed by atoms with Gasteiger partial charge in [-0.1, -0.05) is 18.2 Å².